The normalized spacial score (nSPS) is 11.4. The molecule has 5 nitrogen and oxygen atoms in total. The van der Waals surface area contributed by atoms with E-state index in [0.29, 0.717) is 29.2 Å². The van der Waals surface area contributed by atoms with Crippen molar-refractivity contribution >= 4 is 35.0 Å². The van der Waals surface area contributed by atoms with Crippen molar-refractivity contribution in [1.82, 2.24) is 14.4 Å². The van der Waals surface area contributed by atoms with E-state index in [1.54, 1.807) is 42.3 Å². The van der Waals surface area contributed by atoms with Gasteiger partial charge in [-0.05, 0) is 61.4 Å². The van der Waals surface area contributed by atoms with E-state index in [9.17, 15) is 22.8 Å². The molecule has 1 heterocycles. The molecule has 3 aromatic rings. The third-order valence-electron chi connectivity index (χ3n) is 6.18. The molecule has 0 atom stereocenters. The number of alkyl halides is 3. The number of hydrogen-bond donors (Lipinski definition) is 0. The molecule has 0 N–H and O–H groups in total. The highest BCUT2D eigenvalue weighted by Gasteiger charge is 2.30. The molecule has 0 unspecified atom stereocenters. The van der Waals surface area contributed by atoms with Gasteiger partial charge in [-0.25, -0.2) is 0 Å². The van der Waals surface area contributed by atoms with Crippen molar-refractivity contribution in [1.29, 1.82) is 0 Å². The molecule has 0 fully saturated rings. The van der Waals surface area contributed by atoms with Gasteiger partial charge in [0.05, 0.1) is 22.2 Å². The van der Waals surface area contributed by atoms with Gasteiger partial charge in [-0.2, -0.15) is 13.2 Å². The Morgan fingerprint density at radius 2 is 1.71 bits per heavy atom. The molecule has 0 aliphatic carbocycles. The number of carbonyl (C=O) groups is 2. The smallest absolute Gasteiger partial charge is 0.345 e. The minimum absolute atomic E-state index is 0.117. The molecular weight excluding hydrogens is 538 g/mol. The Balaban J connectivity index is 1.76. The first-order valence-corrected chi connectivity index (χ1v) is 13.1. The van der Waals surface area contributed by atoms with Crippen LogP contribution in [-0.2, 0) is 24.1 Å². The molecule has 0 spiro atoms. The third kappa shape index (κ3) is 7.77. The fourth-order valence-electron chi connectivity index (χ4n) is 4.03. The lowest BCUT2D eigenvalue weighted by Crippen LogP contribution is -2.43. The van der Waals surface area contributed by atoms with Gasteiger partial charge in [0.1, 0.15) is 6.54 Å². The van der Waals surface area contributed by atoms with Gasteiger partial charge in [-0.3, -0.25) is 9.59 Å². The average Bonchev–Trinajstić information content (AvgIpc) is 3.32. The van der Waals surface area contributed by atoms with Crippen LogP contribution in [-0.4, -0.2) is 45.8 Å². The zero-order valence-electron chi connectivity index (χ0n) is 21.3. The van der Waals surface area contributed by atoms with E-state index < -0.39 is 11.7 Å². The van der Waals surface area contributed by atoms with E-state index >= 15 is 0 Å². The highest BCUT2D eigenvalue weighted by molar-refractivity contribution is 6.42. The Kier molecular flexibility index (Phi) is 10.3. The zero-order valence-corrected chi connectivity index (χ0v) is 22.8. The first-order chi connectivity index (χ1) is 18.0. The van der Waals surface area contributed by atoms with E-state index in [-0.39, 0.29) is 36.5 Å². The summed E-state index contributed by atoms with van der Waals surface area (Å²) >= 11 is 12.0. The van der Waals surface area contributed by atoms with E-state index in [1.807, 2.05) is 17.6 Å². The molecule has 1 aromatic heterocycles. The molecule has 0 saturated carbocycles. The highest BCUT2D eigenvalue weighted by atomic mass is 35.5. The summed E-state index contributed by atoms with van der Waals surface area (Å²) in [7, 11) is 0. The summed E-state index contributed by atoms with van der Waals surface area (Å²) in [6.07, 6.45) is -0.995. The number of halogens is 5. The van der Waals surface area contributed by atoms with Crippen LogP contribution in [0.25, 0.3) is 0 Å². The van der Waals surface area contributed by atoms with Crippen molar-refractivity contribution in [2.45, 2.75) is 46.0 Å². The molecular formula is C28H30Cl2F3N3O2. The monoisotopic (exact) mass is 567 g/mol. The quantitative estimate of drug-likeness (QED) is 0.247. The highest BCUT2D eigenvalue weighted by Crippen LogP contribution is 2.30. The third-order valence-corrected chi connectivity index (χ3v) is 6.92. The Labute approximate surface area is 230 Å². The van der Waals surface area contributed by atoms with Crippen molar-refractivity contribution in [3.8, 4) is 0 Å². The maximum Gasteiger partial charge on any atom is 0.416 e. The summed E-state index contributed by atoms with van der Waals surface area (Å²) in [5.41, 5.74) is 0.928. The molecule has 38 heavy (non-hydrogen) atoms. The summed E-state index contributed by atoms with van der Waals surface area (Å²) in [5.74, 6) is -0.552. The second-order valence-corrected chi connectivity index (χ2v) is 9.76. The Bertz CT molecular complexity index is 1260. The van der Waals surface area contributed by atoms with Crippen LogP contribution in [0.15, 0.2) is 60.8 Å². The lowest BCUT2D eigenvalue weighted by atomic mass is 10.1. The van der Waals surface area contributed by atoms with Gasteiger partial charge in [0.15, 0.2) is 0 Å². The number of hydrogen-bond acceptors (Lipinski definition) is 2. The van der Waals surface area contributed by atoms with E-state index in [0.717, 1.165) is 30.7 Å². The summed E-state index contributed by atoms with van der Waals surface area (Å²) in [6.45, 7) is 5.00. The van der Waals surface area contributed by atoms with Crippen LogP contribution in [0, 0.1) is 0 Å². The Morgan fingerprint density at radius 3 is 2.37 bits per heavy atom. The molecule has 0 saturated heterocycles. The van der Waals surface area contributed by atoms with Gasteiger partial charge in [-0.1, -0.05) is 48.7 Å². The fourth-order valence-corrected chi connectivity index (χ4v) is 4.33. The number of aromatic nitrogens is 1. The predicted molar refractivity (Wildman–Crippen MR) is 143 cm³/mol. The lowest BCUT2D eigenvalue weighted by molar-refractivity contribution is -0.137. The first-order valence-electron chi connectivity index (χ1n) is 12.4. The molecule has 204 valence electrons. The van der Waals surface area contributed by atoms with Gasteiger partial charge < -0.3 is 14.4 Å². The minimum atomic E-state index is -4.42. The Hall–Kier alpha value is -2.97. The van der Waals surface area contributed by atoms with Crippen LogP contribution in [0.5, 0.6) is 0 Å². The van der Waals surface area contributed by atoms with Crippen molar-refractivity contribution in [2.24, 2.45) is 0 Å². The van der Waals surface area contributed by atoms with Crippen LogP contribution in [0.3, 0.4) is 0 Å². The molecule has 0 bridgehead atoms. The number of rotatable bonds is 11. The van der Waals surface area contributed by atoms with Crippen molar-refractivity contribution in [3.63, 3.8) is 0 Å². The Morgan fingerprint density at radius 1 is 0.947 bits per heavy atom. The maximum absolute atomic E-state index is 13.4. The zero-order chi connectivity index (χ0) is 27.9. The molecule has 2 aromatic carbocycles. The molecule has 2 amide bonds. The summed E-state index contributed by atoms with van der Waals surface area (Å²) in [5, 5.41) is 0.590. The fraction of sp³-hybridized carbons (Fsp3) is 0.357. The van der Waals surface area contributed by atoms with Gasteiger partial charge in [0.25, 0.3) is 5.91 Å². The summed E-state index contributed by atoms with van der Waals surface area (Å²) in [6, 6.07) is 13.5. The number of unbranched alkanes of at least 4 members (excludes halogenated alkanes) is 1. The molecule has 0 aliphatic rings. The molecule has 0 radical (unpaired) electrons. The second-order valence-electron chi connectivity index (χ2n) is 8.94. The number of amides is 2. The SMILES string of the molecule is CCCCN(Cc1cccn1Cc1cccc(C(F)(F)F)c1)C(=O)CN(CC)C(=O)c1ccc(Cl)c(Cl)c1. The largest absolute Gasteiger partial charge is 0.416 e. The molecule has 3 rings (SSSR count). The summed E-state index contributed by atoms with van der Waals surface area (Å²) in [4.78, 5) is 29.6. The summed E-state index contributed by atoms with van der Waals surface area (Å²) < 4.78 is 41.3. The standard InChI is InChI=1S/C28H30Cl2F3N3O2/c1-3-5-13-36(26(37)19-34(4-2)27(38)21-11-12-24(29)25(30)16-21)18-23-10-7-14-35(23)17-20-8-6-9-22(15-20)28(31,32)33/h6-12,14-16H,3-5,13,17-19H2,1-2H3. The van der Waals surface area contributed by atoms with E-state index in [4.69, 9.17) is 23.2 Å². The number of likely N-dealkylation sites (N-methyl/N-ethyl adjacent to an activating group) is 1. The average molecular weight is 568 g/mol. The second kappa shape index (κ2) is 13.2. The van der Waals surface area contributed by atoms with E-state index in [2.05, 4.69) is 0 Å². The predicted octanol–water partition coefficient (Wildman–Crippen LogP) is 7.15. The van der Waals surface area contributed by atoms with Crippen LogP contribution in [0.1, 0.15) is 53.9 Å². The molecule has 10 heteroatoms. The van der Waals surface area contributed by atoms with Crippen LogP contribution in [0.4, 0.5) is 13.2 Å². The molecule has 0 aliphatic heterocycles. The van der Waals surface area contributed by atoms with Gasteiger partial charge in [0.2, 0.25) is 5.91 Å². The van der Waals surface area contributed by atoms with Gasteiger partial charge >= 0.3 is 6.18 Å². The topological polar surface area (TPSA) is 45.6 Å². The first kappa shape index (κ1) is 29.6. The van der Waals surface area contributed by atoms with Crippen molar-refractivity contribution in [3.05, 3.63) is 93.2 Å². The lowest BCUT2D eigenvalue weighted by Gasteiger charge is -2.27. The van der Waals surface area contributed by atoms with Crippen molar-refractivity contribution in [2.75, 3.05) is 19.6 Å². The number of benzene rings is 2. The van der Waals surface area contributed by atoms with Crippen molar-refractivity contribution < 1.29 is 22.8 Å². The maximum atomic E-state index is 13.4. The number of carbonyl (C=O) groups excluding carboxylic acids is 2. The van der Waals surface area contributed by atoms with E-state index in [1.165, 1.54) is 17.0 Å². The van der Waals surface area contributed by atoms with Gasteiger partial charge in [0, 0.05) is 37.1 Å². The van der Waals surface area contributed by atoms with Gasteiger partial charge in [-0.15, -0.1) is 0 Å². The van der Waals surface area contributed by atoms with Crippen LogP contribution in [0.2, 0.25) is 10.0 Å². The van der Waals surface area contributed by atoms with Crippen LogP contribution < -0.4 is 0 Å². The van der Waals surface area contributed by atoms with Crippen LogP contribution >= 0.6 is 23.2 Å². The number of nitrogens with zero attached hydrogens (tertiary/aromatic N) is 3. The minimum Gasteiger partial charge on any atom is -0.345 e.